The minimum Gasteiger partial charge on any atom is -0.343 e. The van der Waals surface area contributed by atoms with Crippen molar-refractivity contribution in [3.8, 4) is 0 Å². The lowest BCUT2D eigenvalue weighted by Crippen LogP contribution is -2.37. The van der Waals surface area contributed by atoms with Crippen molar-refractivity contribution in [3.05, 3.63) is 0 Å². The number of thioether (sulfide) groups is 1. The minimum atomic E-state index is 0.341. The number of rotatable bonds is 4. The van der Waals surface area contributed by atoms with Crippen molar-refractivity contribution < 1.29 is 4.79 Å². The molecule has 2 fully saturated rings. The summed E-state index contributed by atoms with van der Waals surface area (Å²) in [4.78, 5) is 13.8. The van der Waals surface area contributed by atoms with Gasteiger partial charge in [0.2, 0.25) is 5.91 Å². The zero-order chi connectivity index (χ0) is 11.2. The minimum absolute atomic E-state index is 0.341. The highest BCUT2D eigenvalue weighted by molar-refractivity contribution is 7.99. The van der Waals surface area contributed by atoms with Crippen LogP contribution < -0.4 is 5.32 Å². The van der Waals surface area contributed by atoms with Crippen LogP contribution in [0.2, 0.25) is 0 Å². The smallest absolute Gasteiger partial charge is 0.223 e. The van der Waals surface area contributed by atoms with Crippen molar-refractivity contribution in [2.24, 2.45) is 0 Å². The van der Waals surface area contributed by atoms with Crippen molar-refractivity contribution in [2.45, 2.75) is 38.1 Å². The zero-order valence-corrected chi connectivity index (χ0v) is 10.7. The van der Waals surface area contributed by atoms with Crippen molar-refractivity contribution in [1.29, 1.82) is 0 Å². The highest BCUT2D eigenvalue weighted by Crippen LogP contribution is 2.16. The topological polar surface area (TPSA) is 32.3 Å². The van der Waals surface area contributed by atoms with Crippen LogP contribution in [0.3, 0.4) is 0 Å². The third-order valence-corrected chi connectivity index (χ3v) is 4.61. The number of hydrogen-bond donors (Lipinski definition) is 1. The van der Waals surface area contributed by atoms with Gasteiger partial charge in [0, 0.05) is 37.8 Å². The molecule has 0 saturated carbocycles. The Labute approximate surface area is 102 Å². The molecule has 0 radical (unpaired) electrons. The third kappa shape index (κ3) is 3.67. The first-order valence-corrected chi connectivity index (χ1v) is 7.60. The molecule has 0 bridgehead atoms. The van der Waals surface area contributed by atoms with E-state index in [-0.39, 0.29) is 0 Å². The van der Waals surface area contributed by atoms with Gasteiger partial charge in [0.1, 0.15) is 0 Å². The van der Waals surface area contributed by atoms with Crippen LogP contribution >= 0.6 is 11.8 Å². The van der Waals surface area contributed by atoms with Crippen molar-refractivity contribution in [1.82, 2.24) is 10.2 Å². The van der Waals surface area contributed by atoms with Gasteiger partial charge < -0.3 is 10.2 Å². The number of hydrogen-bond acceptors (Lipinski definition) is 3. The van der Waals surface area contributed by atoms with E-state index < -0.39 is 0 Å². The van der Waals surface area contributed by atoms with E-state index >= 15 is 0 Å². The molecule has 2 rings (SSSR count). The second kappa shape index (κ2) is 6.50. The van der Waals surface area contributed by atoms with E-state index in [1.165, 1.54) is 37.2 Å². The fourth-order valence-electron chi connectivity index (χ4n) is 2.41. The molecule has 2 saturated heterocycles. The summed E-state index contributed by atoms with van der Waals surface area (Å²) in [6.45, 7) is 2.83. The molecule has 1 amide bonds. The fourth-order valence-corrected chi connectivity index (χ4v) is 3.52. The van der Waals surface area contributed by atoms with Gasteiger partial charge in [-0.2, -0.15) is 11.8 Å². The lowest BCUT2D eigenvalue weighted by Gasteiger charge is -2.23. The molecule has 4 heteroatoms. The molecule has 3 nitrogen and oxygen atoms in total. The monoisotopic (exact) mass is 242 g/mol. The lowest BCUT2D eigenvalue weighted by atomic mass is 10.2. The number of likely N-dealkylation sites (tertiary alicyclic amines) is 1. The number of nitrogens with zero attached hydrogens (tertiary/aromatic N) is 1. The summed E-state index contributed by atoms with van der Waals surface area (Å²) in [6, 6.07) is 0.644. The normalized spacial score (nSPS) is 26.0. The average molecular weight is 242 g/mol. The summed E-state index contributed by atoms with van der Waals surface area (Å²) in [6.07, 6.45) is 5.67. The quantitative estimate of drug-likeness (QED) is 0.810. The molecule has 2 aliphatic heterocycles. The highest BCUT2D eigenvalue weighted by Gasteiger charge is 2.18. The predicted molar refractivity (Wildman–Crippen MR) is 68.8 cm³/mol. The maximum Gasteiger partial charge on any atom is 0.223 e. The summed E-state index contributed by atoms with van der Waals surface area (Å²) < 4.78 is 0. The Morgan fingerprint density at radius 3 is 2.81 bits per heavy atom. The summed E-state index contributed by atoms with van der Waals surface area (Å²) in [5, 5.41) is 3.51. The molecule has 0 aromatic rings. The molecule has 0 aromatic carbocycles. The Bertz CT molecular complexity index is 223. The van der Waals surface area contributed by atoms with Gasteiger partial charge in [-0.05, 0) is 31.4 Å². The first-order valence-electron chi connectivity index (χ1n) is 6.45. The van der Waals surface area contributed by atoms with Gasteiger partial charge in [-0.1, -0.05) is 0 Å². The second-order valence-electron chi connectivity index (χ2n) is 4.71. The SMILES string of the molecule is O=C(CCNC1CCCSC1)N1CCCC1. The third-order valence-electron chi connectivity index (χ3n) is 3.39. The molecule has 92 valence electrons. The molecule has 0 spiro atoms. The first kappa shape index (κ1) is 12.2. The van der Waals surface area contributed by atoms with Gasteiger partial charge in [0.25, 0.3) is 0 Å². The van der Waals surface area contributed by atoms with Crippen molar-refractivity contribution in [3.63, 3.8) is 0 Å². The molecule has 0 aromatic heterocycles. The molecule has 1 atom stereocenters. The molecule has 16 heavy (non-hydrogen) atoms. The van der Waals surface area contributed by atoms with Crippen LogP contribution in [0.1, 0.15) is 32.1 Å². The van der Waals surface area contributed by atoms with Crippen LogP contribution in [0.5, 0.6) is 0 Å². The Hall–Kier alpha value is -0.220. The summed E-state index contributed by atoms with van der Waals surface area (Å²) in [7, 11) is 0. The molecule has 2 aliphatic rings. The molecular weight excluding hydrogens is 220 g/mol. The summed E-state index contributed by atoms with van der Waals surface area (Å²) in [5.74, 6) is 2.87. The second-order valence-corrected chi connectivity index (χ2v) is 5.86. The van der Waals surface area contributed by atoms with E-state index in [2.05, 4.69) is 5.32 Å². The molecule has 2 heterocycles. The molecule has 0 aliphatic carbocycles. The van der Waals surface area contributed by atoms with Crippen LogP contribution in [-0.2, 0) is 4.79 Å². The van der Waals surface area contributed by atoms with Crippen LogP contribution in [0.15, 0.2) is 0 Å². The van der Waals surface area contributed by atoms with Gasteiger partial charge in [0.05, 0.1) is 0 Å². The van der Waals surface area contributed by atoms with Crippen molar-refractivity contribution >= 4 is 17.7 Å². The van der Waals surface area contributed by atoms with E-state index in [4.69, 9.17) is 0 Å². The van der Waals surface area contributed by atoms with E-state index in [0.29, 0.717) is 18.4 Å². The summed E-state index contributed by atoms with van der Waals surface area (Å²) >= 11 is 2.03. The van der Waals surface area contributed by atoms with E-state index in [1.54, 1.807) is 0 Å². The van der Waals surface area contributed by atoms with E-state index in [0.717, 1.165) is 19.6 Å². The van der Waals surface area contributed by atoms with Crippen molar-refractivity contribution in [2.75, 3.05) is 31.1 Å². The Kier molecular flexibility index (Phi) is 4.97. The van der Waals surface area contributed by atoms with Crippen LogP contribution in [-0.4, -0.2) is 48.0 Å². The Morgan fingerprint density at radius 1 is 1.31 bits per heavy atom. The number of carbonyl (C=O) groups excluding carboxylic acids is 1. The molecular formula is C12H22N2OS. The maximum atomic E-state index is 11.8. The standard InChI is InChI=1S/C12H22N2OS/c15-12(14-7-1-2-8-14)5-6-13-11-4-3-9-16-10-11/h11,13H,1-10H2. The number of amides is 1. The lowest BCUT2D eigenvalue weighted by molar-refractivity contribution is -0.130. The van der Waals surface area contributed by atoms with Gasteiger partial charge in [-0.3, -0.25) is 4.79 Å². The predicted octanol–water partition coefficient (Wildman–Crippen LogP) is 1.48. The number of carbonyl (C=O) groups is 1. The van der Waals surface area contributed by atoms with E-state index in [9.17, 15) is 4.79 Å². The average Bonchev–Trinajstić information content (AvgIpc) is 2.84. The summed E-state index contributed by atoms with van der Waals surface area (Å²) in [5.41, 5.74) is 0. The zero-order valence-electron chi connectivity index (χ0n) is 9.91. The van der Waals surface area contributed by atoms with Crippen LogP contribution in [0.25, 0.3) is 0 Å². The molecule has 1 unspecified atom stereocenters. The first-order chi connectivity index (χ1) is 7.86. The van der Waals surface area contributed by atoms with E-state index in [1.807, 2.05) is 16.7 Å². The van der Waals surface area contributed by atoms with Gasteiger partial charge in [-0.25, -0.2) is 0 Å². The van der Waals surface area contributed by atoms with Crippen LogP contribution in [0, 0.1) is 0 Å². The maximum absolute atomic E-state index is 11.8. The fraction of sp³-hybridized carbons (Fsp3) is 0.917. The molecule has 1 N–H and O–H groups in total. The van der Waals surface area contributed by atoms with Gasteiger partial charge >= 0.3 is 0 Å². The van der Waals surface area contributed by atoms with Gasteiger partial charge in [-0.15, -0.1) is 0 Å². The van der Waals surface area contributed by atoms with Gasteiger partial charge in [0.15, 0.2) is 0 Å². The largest absolute Gasteiger partial charge is 0.343 e. The Morgan fingerprint density at radius 2 is 2.12 bits per heavy atom. The number of nitrogens with one attached hydrogen (secondary N) is 1. The Balaban J connectivity index is 1.57. The highest BCUT2D eigenvalue weighted by atomic mass is 32.2. The van der Waals surface area contributed by atoms with Crippen LogP contribution in [0.4, 0.5) is 0 Å².